The Kier molecular flexibility index (Phi) is 5.38. The molecular formula is C15H29N3O5Si. The van der Waals surface area contributed by atoms with Crippen LogP contribution in [0.5, 0.6) is 0 Å². The third-order valence-corrected chi connectivity index (χ3v) is 9.55. The van der Waals surface area contributed by atoms with Crippen LogP contribution in [-0.4, -0.2) is 56.5 Å². The standard InChI is InChI=1S/C15H29N3O5Si/c1-14(2,3)24(6,7)20-8-9(17-18-16)11-10(19)12-13(21-11)23-15(4,5)22-12/h9-13,19H,8H2,1-7H3/t9-,10+,11-,12-,13-/m0/s1. The lowest BCUT2D eigenvalue weighted by Gasteiger charge is -2.37. The maximum absolute atomic E-state index is 10.5. The number of hydrogen-bond acceptors (Lipinski definition) is 6. The van der Waals surface area contributed by atoms with Crippen molar-refractivity contribution < 1.29 is 23.7 Å². The average molecular weight is 359 g/mol. The molecule has 0 aromatic rings. The molecule has 0 aromatic heterocycles. The molecule has 2 aliphatic rings. The fraction of sp³-hybridized carbons (Fsp3) is 1.00. The second kappa shape index (κ2) is 6.57. The van der Waals surface area contributed by atoms with Crippen molar-refractivity contribution in [2.75, 3.05) is 6.61 Å². The van der Waals surface area contributed by atoms with Gasteiger partial charge < -0.3 is 23.7 Å². The monoisotopic (exact) mass is 359 g/mol. The van der Waals surface area contributed by atoms with Crippen molar-refractivity contribution in [2.45, 2.75) is 89.2 Å². The summed E-state index contributed by atoms with van der Waals surface area (Å²) in [4.78, 5) is 2.89. The summed E-state index contributed by atoms with van der Waals surface area (Å²) in [6.45, 7) is 14.4. The maximum atomic E-state index is 10.5. The van der Waals surface area contributed by atoms with Crippen LogP contribution in [0.15, 0.2) is 5.11 Å². The summed E-state index contributed by atoms with van der Waals surface area (Å²) in [7, 11) is -2.00. The molecule has 8 nitrogen and oxygen atoms in total. The van der Waals surface area contributed by atoms with Crippen LogP contribution in [0, 0.1) is 0 Å². The predicted octanol–water partition coefficient (Wildman–Crippen LogP) is 2.92. The van der Waals surface area contributed by atoms with Crippen LogP contribution in [0.1, 0.15) is 34.6 Å². The highest BCUT2D eigenvalue weighted by Crippen LogP contribution is 2.40. The van der Waals surface area contributed by atoms with Gasteiger partial charge in [-0.25, -0.2) is 0 Å². The molecule has 0 bridgehead atoms. The number of fused-ring (bicyclic) bond motifs is 1. The Balaban J connectivity index is 2.06. The van der Waals surface area contributed by atoms with Gasteiger partial charge in [0.15, 0.2) is 20.4 Å². The number of aliphatic hydroxyl groups is 1. The van der Waals surface area contributed by atoms with E-state index in [-0.39, 0.29) is 11.6 Å². The SMILES string of the molecule is CC1(C)O[C@@H]2O[C@@H]([C@H](CO[Si](C)(C)C(C)(C)C)N=[N+]=[N-])[C@@H](O)[C@@H]2O1. The van der Waals surface area contributed by atoms with E-state index in [2.05, 4.69) is 43.9 Å². The molecule has 2 rings (SSSR count). The fourth-order valence-corrected chi connectivity index (χ4v) is 3.63. The average Bonchev–Trinajstić information content (AvgIpc) is 2.87. The van der Waals surface area contributed by atoms with E-state index in [4.69, 9.17) is 24.2 Å². The third-order valence-electron chi connectivity index (χ3n) is 5.05. The first-order valence-electron chi connectivity index (χ1n) is 8.25. The molecule has 2 aliphatic heterocycles. The van der Waals surface area contributed by atoms with Crippen molar-refractivity contribution >= 4 is 8.32 Å². The molecule has 5 atom stereocenters. The highest BCUT2D eigenvalue weighted by Gasteiger charge is 2.56. The molecule has 0 radical (unpaired) electrons. The summed E-state index contributed by atoms with van der Waals surface area (Å²) in [5, 5.41) is 14.3. The molecule has 138 valence electrons. The van der Waals surface area contributed by atoms with Crippen LogP contribution in [0.3, 0.4) is 0 Å². The first kappa shape index (κ1) is 19.6. The topological polar surface area (TPSA) is 106 Å². The minimum absolute atomic E-state index is 0.0375. The lowest BCUT2D eigenvalue weighted by atomic mass is 10.1. The lowest BCUT2D eigenvalue weighted by molar-refractivity contribution is -0.217. The number of nitrogens with zero attached hydrogens (tertiary/aromatic N) is 3. The molecule has 0 aliphatic carbocycles. The fourth-order valence-electron chi connectivity index (χ4n) is 2.60. The molecule has 24 heavy (non-hydrogen) atoms. The Labute approximate surface area is 144 Å². The quantitative estimate of drug-likeness (QED) is 0.351. The zero-order valence-electron chi connectivity index (χ0n) is 15.5. The van der Waals surface area contributed by atoms with E-state index in [9.17, 15) is 5.11 Å². The van der Waals surface area contributed by atoms with Crippen LogP contribution in [0.25, 0.3) is 10.4 Å². The molecular weight excluding hydrogens is 330 g/mol. The molecule has 0 amide bonds. The summed E-state index contributed by atoms with van der Waals surface area (Å²) in [5.41, 5.74) is 8.87. The number of aliphatic hydroxyl groups excluding tert-OH is 1. The Morgan fingerprint density at radius 3 is 2.46 bits per heavy atom. The molecule has 0 saturated carbocycles. The van der Waals surface area contributed by atoms with Crippen molar-refractivity contribution in [3.8, 4) is 0 Å². The zero-order valence-corrected chi connectivity index (χ0v) is 16.5. The van der Waals surface area contributed by atoms with E-state index < -0.39 is 44.7 Å². The van der Waals surface area contributed by atoms with Gasteiger partial charge in [-0.15, -0.1) is 0 Å². The Morgan fingerprint density at radius 2 is 1.96 bits per heavy atom. The lowest BCUT2D eigenvalue weighted by Crippen LogP contribution is -2.46. The minimum atomic E-state index is -2.00. The normalized spacial score (nSPS) is 33.8. The van der Waals surface area contributed by atoms with Crippen molar-refractivity contribution in [1.82, 2.24) is 0 Å². The molecule has 0 aromatic carbocycles. The summed E-state index contributed by atoms with van der Waals surface area (Å²) < 4.78 is 23.2. The molecule has 9 heteroatoms. The van der Waals surface area contributed by atoms with E-state index in [1.165, 1.54) is 0 Å². The molecule has 1 N–H and O–H groups in total. The molecule has 0 spiro atoms. The van der Waals surface area contributed by atoms with E-state index in [1.54, 1.807) is 13.8 Å². The van der Waals surface area contributed by atoms with Crippen LogP contribution in [0.4, 0.5) is 0 Å². The summed E-state index contributed by atoms with van der Waals surface area (Å²) >= 11 is 0. The zero-order chi connectivity index (χ0) is 18.3. The smallest absolute Gasteiger partial charge is 0.191 e. The Bertz CT molecular complexity index is 516. The Morgan fingerprint density at radius 1 is 1.33 bits per heavy atom. The highest BCUT2D eigenvalue weighted by atomic mass is 28.4. The molecule has 2 fully saturated rings. The van der Waals surface area contributed by atoms with E-state index in [0.717, 1.165) is 0 Å². The third kappa shape index (κ3) is 3.93. The summed E-state index contributed by atoms with van der Waals surface area (Å²) in [6, 6.07) is -0.639. The van der Waals surface area contributed by atoms with Crippen molar-refractivity contribution in [3.63, 3.8) is 0 Å². The number of ether oxygens (including phenoxy) is 3. The van der Waals surface area contributed by atoms with Crippen LogP contribution in [-0.2, 0) is 18.6 Å². The first-order chi connectivity index (χ1) is 10.9. The van der Waals surface area contributed by atoms with Gasteiger partial charge in [0.05, 0.1) is 6.04 Å². The highest BCUT2D eigenvalue weighted by molar-refractivity contribution is 6.74. The van der Waals surface area contributed by atoms with Gasteiger partial charge in [-0.05, 0) is 37.5 Å². The number of azide groups is 1. The van der Waals surface area contributed by atoms with Gasteiger partial charge in [-0.3, -0.25) is 0 Å². The van der Waals surface area contributed by atoms with Gasteiger partial charge in [-0.2, -0.15) is 0 Å². The largest absolute Gasteiger partial charge is 0.416 e. The number of hydrogen-bond donors (Lipinski definition) is 1. The molecule has 0 unspecified atom stereocenters. The minimum Gasteiger partial charge on any atom is -0.416 e. The van der Waals surface area contributed by atoms with Gasteiger partial charge >= 0.3 is 0 Å². The second-order valence-corrected chi connectivity index (χ2v) is 13.2. The van der Waals surface area contributed by atoms with Gasteiger partial charge in [0.2, 0.25) is 0 Å². The second-order valence-electron chi connectivity index (χ2n) is 8.40. The van der Waals surface area contributed by atoms with Crippen molar-refractivity contribution in [2.24, 2.45) is 5.11 Å². The van der Waals surface area contributed by atoms with Crippen LogP contribution >= 0.6 is 0 Å². The van der Waals surface area contributed by atoms with E-state index in [1.807, 2.05) is 0 Å². The molecule has 2 saturated heterocycles. The van der Waals surface area contributed by atoms with Crippen molar-refractivity contribution in [3.05, 3.63) is 10.4 Å². The van der Waals surface area contributed by atoms with Crippen molar-refractivity contribution in [1.29, 1.82) is 0 Å². The van der Waals surface area contributed by atoms with Gasteiger partial charge in [0.1, 0.15) is 18.3 Å². The number of rotatable bonds is 5. The first-order valence-corrected chi connectivity index (χ1v) is 11.2. The van der Waals surface area contributed by atoms with E-state index in [0.29, 0.717) is 0 Å². The molecule has 2 heterocycles. The van der Waals surface area contributed by atoms with Gasteiger partial charge in [0, 0.05) is 11.5 Å². The summed E-state index contributed by atoms with van der Waals surface area (Å²) in [6.07, 6.45) is -2.90. The van der Waals surface area contributed by atoms with Gasteiger partial charge in [-0.1, -0.05) is 25.9 Å². The maximum Gasteiger partial charge on any atom is 0.191 e. The van der Waals surface area contributed by atoms with E-state index >= 15 is 0 Å². The van der Waals surface area contributed by atoms with Crippen LogP contribution in [0.2, 0.25) is 18.1 Å². The Hall–Kier alpha value is -0.673. The summed E-state index contributed by atoms with van der Waals surface area (Å²) in [5.74, 6) is -0.799. The predicted molar refractivity (Wildman–Crippen MR) is 90.8 cm³/mol. The van der Waals surface area contributed by atoms with Gasteiger partial charge in [0.25, 0.3) is 0 Å². The van der Waals surface area contributed by atoms with Crippen LogP contribution < -0.4 is 0 Å².